The van der Waals surface area contributed by atoms with Gasteiger partial charge in [-0.1, -0.05) is 85.3 Å². The van der Waals surface area contributed by atoms with E-state index in [4.69, 9.17) is 11.2 Å². The molecule has 0 spiro atoms. The van der Waals surface area contributed by atoms with Crippen LogP contribution < -0.4 is 4.74 Å². The summed E-state index contributed by atoms with van der Waals surface area (Å²) >= 11 is 0. The third-order valence-electron chi connectivity index (χ3n) is 5.56. The lowest BCUT2D eigenvalue weighted by Gasteiger charge is -2.24. The van der Waals surface area contributed by atoms with E-state index >= 15 is 0 Å². The number of benzene rings is 3. The van der Waals surface area contributed by atoms with Crippen LogP contribution in [-0.2, 0) is 18.3 Å². The molecule has 3 aromatic carbocycles. The van der Waals surface area contributed by atoms with Gasteiger partial charge in [0.15, 0.2) is 0 Å². The largest absolute Gasteiger partial charge is 0.490 e. The Hall–Kier alpha value is -3.24. The Morgan fingerprint density at radius 2 is 1.63 bits per heavy atom. The van der Waals surface area contributed by atoms with Crippen LogP contribution in [0, 0.1) is 12.3 Å². The van der Waals surface area contributed by atoms with E-state index in [9.17, 15) is 0 Å². The van der Waals surface area contributed by atoms with Crippen LogP contribution in [0.15, 0.2) is 91.5 Å². The lowest BCUT2D eigenvalue weighted by Crippen LogP contribution is -2.19. The normalized spacial score (nSPS) is 12.5. The van der Waals surface area contributed by atoms with Crippen molar-refractivity contribution in [3.63, 3.8) is 0 Å². The van der Waals surface area contributed by atoms with Crippen LogP contribution in [0.5, 0.6) is 5.75 Å². The molecule has 1 heteroatoms. The van der Waals surface area contributed by atoms with Crippen LogP contribution >= 0.6 is 0 Å². The second kappa shape index (κ2) is 10.5. The maximum Gasteiger partial charge on any atom is 0.119 e. The summed E-state index contributed by atoms with van der Waals surface area (Å²) < 4.78 is 5.58. The quantitative estimate of drug-likeness (QED) is 0.273. The molecular formula is C29H30O. The van der Waals surface area contributed by atoms with E-state index in [-0.39, 0.29) is 5.41 Å². The van der Waals surface area contributed by atoms with Crippen LogP contribution in [0.3, 0.4) is 0 Å². The molecule has 0 aliphatic heterocycles. The van der Waals surface area contributed by atoms with Crippen molar-refractivity contribution in [2.24, 2.45) is 0 Å². The Kier molecular flexibility index (Phi) is 7.52. The van der Waals surface area contributed by atoms with Gasteiger partial charge in [-0.05, 0) is 67.0 Å². The van der Waals surface area contributed by atoms with Gasteiger partial charge in [0.25, 0.3) is 0 Å². The monoisotopic (exact) mass is 394 g/mol. The summed E-state index contributed by atoms with van der Waals surface area (Å²) in [5.41, 5.74) is 4.95. The lowest BCUT2D eigenvalue weighted by molar-refractivity contribution is 0.363. The number of hydrogen-bond donors (Lipinski definition) is 0. The molecule has 0 N–H and O–H groups in total. The van der Waals surface area contributed by atoms with Crippen molar-refractivity contribution in [1.82, 2.24) is 0 Å². The molecule has 152 valence electrons. The molecule has 3 rings (SSSR count). The van der Waals surface area contributed by atoms with Gasteiger partial charge in [-0.15, -0.1) is 6.42 Å². The summed E-state index contributed by atoms with van der Waals surface area (Å²) in [4.78, 5) is 0. The molecule has 0 fully saturated rings. The Bertz CT molecular complexity index is 979. The molecule has 30 heavy (non-hydrogen) atoms. The molecule has 0 aliphatic carbocycles. The first-order valence-electron chi connectivity index (χ1n) is 10.6. The van der Waals surface area contributed by atoms with Gasteiger partial charge in [0.05, 0.1) is 5.41 Å². The van der Waals surface area contributed by atoms with E-state index in [1.54, 1.807) is 6.08 Å². The van der Waals surface area contributed by atoms with Crippen molar-refractivity contribution in [2.75, 3.05) is 6.61 Å². The fourth-order valence-electron chi connectivity index (χ4n) is 3.75. The van der Waals surface area contributed by atoms with E-state index in [0.29, 0.717) is 6.61 Å². The zero-order valence-corrected chi connectivity index (χ0v) is 17.8. The fraction of sp³-hybridized carbons (Fsp3) is 0.241. The highest BCUT2D eigenvalue weighted by atomic mass is 16.5. The third kappa shape index (κ3) is 5.88. The highest BCUT2D eigenvalue weighted by Crippen LogP contribution is 2.30. The Labute approximate surface area is 181 Å². The lowest BCUT2D eigenvalue weighted by atomic mass is 9.78. The maximum absolute atomic E-state index is 5.95. The molecular weight excluding hydrogens is 364 g/mol. The van der Waals surface area contributed by atoms with Gasteiger partial charge in [0, 0.05) is 0 Å². The number of hydrogen-bond acceptors (Lipinski definition) is 1. The van der Waals surface area contributed by atoms with E-state index in [1.807, 2.05) is 12.1 Å². The topological polar surface area (TPSA) is 9.23 Å². The van der Waals surface area contributed by atoms with Crippen molar-refractivity contribution in [3.05, 3.63) is 114 Å². The Morgan fingerprint density at radius 1 is 0.933 bits per heavy atom. The molecule has 1 atom stereocenters. The minimum atomic E-state index is -0.279. The van der Waals surface area contributed by atoms with Crippen molar-refractivity contribution in [2.45, 2.75) is 38.0 Å². The maximum atomic E-state index is 5.95. The highest BCUT2D eigenvalue weighted by molar-refractivity contribution is 5.37. The molecule has 0 amide bonds. The molecule has 1 nitrogen and oxygen atoms in total. The number of rotatable bonds is 10. The molecule has 0 saturated carbocycles. The summed E-state index contributed by atoms with van der Waals surface area (Å²) in [5.74, 6) is 3.87. The Balaban J connectivity index is 1.59. The fourth-order valence-corrected chi connectivity index (χ4v) is 3.75. The molecule has 0 saturated heterocycles. The molecule has 0 aromatic heterocycles. The van der Waals surface area contributed by atoms with Crippen molar-refractivity contribution in [1.29, 1.82) is 0 Å². The van der Waals surface area contributed by atoms with Crippen LogP contribution in [0.25, 0.3) is 0 Å². The third-order valence-corrected chi connectivity index (χ3v) is 5.56. The van der Waals surface area contributed by atoms with Crippen LogP contribution in [0.2, 0.25) is 0 Å². The second-order valence-corrected chi connectivity index (χ2v) is 7.94. The molecule has 0 bridgehead atoms. The van der Waals surface area contributed by atoms with Crippen molar-refractivity contribution < 1.29 is 4.74 Å². The minimum absolute atomic E-state index is 0.279. The SMILES string of the molecule is C#CC(C)(CCCc1cccc(Cc2ccccc2)c1)c1ccc(OCC=C)cc1. The molecule has 3 aromatic rings. The first-order chi connectivity index (χ1) is 14.6. The van der Waals surface area contributed by atoms with Gasteiger partial charge in [0.1, 0.15) is 12.4 Å². The van der Waals surface area contributed by atoms with Gasteiger partial charge in [0.2, 0.25) is 0 Å². The van der Waals surface area contributed by atoms with Crippen LogP contribution in [0.4, 0.5) is 0 Å². The van der Waals surface area contributed by atoms with E-state index in [1.165, 1.54) is 16.7 Å². The molecule has 0 heterocycles. The standard InChI is InChI=1S/C29H30O/c1-4-21-30-28-18-16-27(17-19-28)29(3,5-2)20-10-15-25-13-9-14-26(23-25)22-24-11-7-6-8-12-24/h2,4,6-9,11-14,16-19,23H,1,10,15,20-22H2,3H3. The predicted molar refractivity (Wildman–Crippen MR) is 127 cm³/mol. The molecule has 0 aliphatic rings. The number of terminal acetylenes is 1. The predicted octanol–water partition coefficient (Wildman–Crippen LogP) is 6.76. The zero-order chi connectivity index (χ0) is 21.2. The summed E-state index contributed by atoms with van der Waals surface area (Å²) in [6.45, 7) is 6.34. The van der Waals surface area contributed by atoms with E-state index in [0.717, 1.165) is 37.0 Å². The van der Waals surface area contributed by atoms with Crippen LogP contribution in [0.1, 0.15) is 42.0 Å². The van der Waals surface area contributed by atoms with Crippen molar-refractivity contribution in [3.8, 4) is 18.1 Å². The van der Waals surface area contributed by atoms with Gasteiger partial charge in [-0.25, -0.2) is 0 Å². The summed E-state index contributed by atoms with van der Waals surface area (Å²) in [5, 5.41) is 0. The Morgan fingerprint density at radius 3 is 2.33 bits per heavy atom. The summed E-state index contributed by atoms with van der Waals surface area (Å²) in [6.07, 6.45) is 11.7. The van der Waals surface area contributed by atoms with Gasteiger partial charge < -0.3 is 4.74 Å². The summed E-state index contributed by atoms with van der Waals surface area (Å²) in [6, 6.07) is 27.7. The van der Waals surface area contributed by atoms with Crippen LogP contribution in [-0.4, -0.2) is 6.61 Å². The average molecular weight is 395 g/mol. The van der Waals surface area contributed by atoms with Crippen molar-refractivity contribution >= 4 is 0 Å². The smallest absolute Gasteiger partial charge is 0.119 e. The zero-order valence-electron chi connectivity index (χ0n) is 17.8. The van der Waals surface area contributed by atoms with Gasteiger partial charge in [-0.3, -0.25) is 0 Å². The minimum Gasteiger partial charge on any atom is -0.490 e. The van der Waals surface area contributed by atoms with E-state index in [2.05, 4.69) is 86.2 Å². The number of aryl methyl sites for hydroxylation is 1. The van der Waals surface area contributed by atoms with Gasteiger partial charge >= 0.3 is 0 Å². The second-order valence-electron chi connectivity index (χ2n) is 7.94. The molecule has 0 radical (unpaired) electrons. The average Bonchev–Trinajstić information content (AvgIpc) is 2.79. The first-order valence-corrected chi connectivity index (χ1v) is 10.6. The number of ether oxygens (including phenoxy) is 1. The highest BCUT2D eigenvalue weighted by Gasteiger charge is 2.23. The van der Waals surface area contributed by atoms with E-state index < -0.39 is 0 Å². The first kappa shape index (κ1) is 21.5. The molecule has 1 unspecified atom stereocenters. The van der Waals surface area contributed by atoms with Gasteiger partial charge in [-0.2, -0.15) is 0 Å². The summed E-state index contributed by atoms with van der Waals surface area (Å²) in [7, 11) is 0.